The molecule has 1 aliphatic heterocycles. The molecule has 1 saturated heterocycles. The van der Waals surface area contributed by atoms with Crippen molar-refractivity contribution in [3.8, 4) is 0 Å². The van der Waals surface area contributed by atoms with Gasteiger partial charge in [-0.2, -0.15) is 0 Å². The molecule has 2 fully saturated rings. The van der Waals surface area contributed by atoms with E-state index in [0.717, 1.165) is 38.4 Å². The van der Waals surface area contributed by atoms with Crippen LogP contribution in [0.4, 0.5) is 0 Å². The third-order valence-electron chi connectivity index (χ3n) is 4.69. The van der Waals surface area contributed by atoms with Crippen LogP contribution in [0.25, 0.3) is 0 Å². The monoisotopic (exact) mass is 268 g/mol. The molecule has 2 rings (SSSR count). The highest BCUT2D eigenvalue weighted by Gasteiger charge is 2.28. The summed E-state index contributed by atoms with van der Waals surface area (Å²) in [5.41, 5.74) is 0. The third-order valence-corrected chi connectivity index (χ3v) is 4.69. The van der Waals surface area contributed by atoms with Crippen molar-refractivity contribution in [1.29, 1.82) is 0 Å². The Balaban J connectivity index is 1.81. The van der Waals surface area contributed by atoms with Gasteiger partial charge in [-0.3, -0.25) is 4.79 Å². The third kappa shape index (κ3) is 4.46. The number of aliphatic hydroxyl groups is 1. The lowest BCUT2D eigenvalue weighted by molar-refractivity contribution is -0.131. The Kier molecular flexibility index (Phi) is 5.64. The number of carbonyl (C=O) groups is 1. The molecule has 1 saturated carbocycles. The van der Waals surface area contributed by atoms with Gasteiger partial charge in [0.25, 0.3) is 0 Å². The SMILES string of the molecule is CC(=O)N1CC(CCO)CC(NCC2CCCC2)C1. The maximum atomic E-state index is 11.6. The Labute approximate surface area is 116 Å². The number of aliphatic hydroxyl groups excluding tert-OH is 1. The molecule has 0 aromatic carbocycles. The summed E-state index contributed by atoms with van der Waals surface area (Å²) >= 11 is 0. The van der Waals surface area contributed by atoms with Crippen LogP contribution in [0.3, 0.4) is 0 Å². The highest BCUT2D eigenvalue weighted by atomic mass is 16.3. The maximum absolute atomic E-state index is 11.6. The molecule has 19 heavy (non-hydrogen) atoms. The van der Waals surface area contributed by atoms with Crippen molar-refractivity contribution >= 4 is 5.91 Å². The highest BCUT2D eigenvalue weighted by Crippen LogP contribution is 2.25. The van der Waals surface area contributed by atoms with Gasteiger partial charge < -0.3 is 15.3 Å². The van der Waals surface area contributed by atoms with Crippen LogP contribution in [0.5, 0.6) is 0 Å². The molecule has 2 atom stereocenters. The first-order valence-corrected chi connectivity index (χ1v) is 7.78. The Morgan fingerprint density at radius 2 is 2.00 bits per heavy atom. The summed E-state index contributed by atoms with van der Waals surface area (Å²) < 4.78 is 0. The van der Waals surface area contributed by atoms with Gasteiger partial charge in [-0.25, -0.2) is 0 Å². The molecule has 4 heteroatoms. The quantitative estimate of drug-likeness (QED) is 0.792. The van der Waals surface area contributed by atoms with Gasteiger partial charge in [0.1, 0.15) is 0 Å². The zero-order chi connectivity index (χ0) is 13.7. The maximum Gasteiger partial charge on any atom is 0.219 e. The molecule has 2 aliphatic rings. The molecule has 2 N–H and O–H groups in total. The largest absolute Gasteiger partial charge is 0.396 e. The van der Waals surface area contributed by atoms with Crippen molar-refractivity contribution < 1.29 is 9.90 Å². The molecule has 1 aliphatic carbocycles. The molecule has 2 unspecified atom stereocenters. The highest BCUT2D eigenvalue weighted by molar-refractivity contribution is 5.73. The minimum atomic E-state index is 0.162. The predicted molar refractivity (Wildman–Crippen MR) is 75.8 cm³/mol. The van der Waals surface area contributed by atoms with E-state index in [1.54, 1.807) is 6.92 Å². The number of nitrogens with one attached hydrogen (secondary N) is 1. The summed E-state index contributed by atoms with van der Waals surface area (Å²) in [5, 5.41) is 12.8. The molecular weight excluding hydrogens is 240 g/mol. The van der Waals surface area contributed by atoms with E-state index in [1.807, 2.05) is 4.90 Å². The molecule has 1 heterocycles. The molecule has 0 bridgehead atoms. The lowest BCUT2D eigenvalue weighted by atomic mass is 9.91. The van der Waals surface area contributed by atoms with Gasteiger partial charge in [0.05, 0.1) is 0 Å². The van der Waals surface area contributed by atoms with Gasteiger partial charge in [-0.05, 0) is 44.1 Å². The molecule has 0 radical (unpaired) electrons. The summed E-state index contributed by atoms with van der Waals surface area (Å²) in [6.07, 6.45) is 7.38. The molecule has 4 nitrogen and oxygen atoms in total. The molecular formula is C15H28N2O2. The summed E-state index contributed by atoms with van der Waals surface area (Å²) in [6.45, 7) is 4.63. The van der Waals surface area contributed by atoms with Gasteiger partial charge in [0, 0.05) is 32.7 Å². The Morgan fingerprint density at radius 1 is 1.26 bits per heavy atom. The molecule has 110 valence electrons. The second kappa shape index (κ2) is 7.25. The van der Waals surface area contributed by atoms with Gasteiger partial charge >= 0.3 is 0 Å². The van der Waals surface area contributed by atoms with Crippen LogP contribution < -0.4 is 5.32 Å². The number of nitrogens with zero attached hydrogens (tertiary/aromatic N) is 1. The van der Waals surface area contributed by atoms with Crippen molar-refractivity contribution in [2.75, 3.05) is 26.2 Å². The van der Waals surface area contributed by atoms with Crippen molar-refractivity contribution in [3.63, 3.8) is 0 Å². The second-order valence-corrected chi connectivity index (χ2v) is 6.29. The lowest BCUT2D eigenvalue weighted by Gasteiger charge is -2.38. The van der Waals surface area contributed by atoms with Crippen molar-refractivity contribution in [1.82, 2.24) is 10.2 Å². The number of amides is 1. The van der Waals surface area contributed by atoms with E-state index >= 15 is 0 Å². The minimum Gasteiger partial charge on any atom is -0.396 e. The molecule has 1 amide bonds. The fourth-order valence-electron chi connectivity index (χ4n) is 3.55. The van der Waals surface area contributed by atoms with Gasteiger partial charge in [-0.15, -0.1) is 0 Å². The second-order valence-electron chi connectivity index (χ2n) is 6.29. The van der Waals surface area contributed by atoms with Crippen molar-refractivity contribution in [2.45, 2.75) is 51.5 Å². The fraction of sp³-hybridized carbons (Fsp3) is 0.933. The smallest absolute Gasteiger partial charge is 0.219 e. The van der Waals surface area contributed by atoms with Crippen LogP contribution in [-0.2, 0) is 4.79 Å². The Bertz CT molecular complexity index is 290. The number of piperidine rings is 1. The van der Waals surface area contributed by atoms with E-state index in [-0.39, 0.29) is 12.5 Å². The van der Waals surface area contributed by atoms with Gasteiger partial charge in [0.15, 0.2) is 0 Å². The standard InChI is InChI=1S/C15H28N2O2/c1-12(19)17-10-14(6-7-18)8-15(11-17)16-9-13-4-2-3-5-13/h13-16,18H,2-11H2,1H3. The number of rotatable bonds is 5. The van der Waals surface area contributed by atoms with Gasteiger partial charge in [0.2, 0.25) is 5.91 Å². The van der Waals surface area contributed by atoms with E-state index in [0.29, 0.717) is 12.0 Å². The molecule has 0 aromatic rings. The predicted octanol–water partition coefficient (Wildman–Crippen LogP) is 1.39. The zero-order valence-corrected chi connectivity index (χ0v) is 12.1. The van der Waals surface area contributed by atoms with Crippen LogP contribution in [0.1, 0.15) is 45.4 Å². The average Bonchev–Trinajstić information content (AvgIpc) is 2.89. The van der Waals surface area contributed by atoms with Crippen molar-refractivity contribution in [2.24, 2.45) is 11.8 Å². The first kappa shape index (κ1) is 14.8. The Morgan fingerprint density at radius 3 is 2.63 bits per heavy atom. The first-order valence-electron chi connectivity index (χ1n) is 7.78. The molecule has 0 aromatic heterocycles. The normalized spacial score (nSPS) is 28.8. The van der Waals surface area contributed by atoms with Crippen LogP contribution in [-0.4, -0.2) is 48.2 Å². The van der Waals surface area contributed by atoms with Gasteiger partial charge in [-0.1, -0.05) is 12.8 Å². The summed E-state index contributed by atoms with van der Waals surface area (Å²) in [7, 11) is 0. The van der Waals surface area contributed by atoms with Crippen molar-refractivity contribution in [3.05, 3.63) is 0 Å². The van der Waals surface area contributed by atoms with Crippen LogP contribution in [0.2, 0.25) is 0 Å². The van der Waals surface area contributed by atoms with E-state index in [1.165, 1.54) is 25.7 Å². The summed E-state index contributed by atoms with van der Waals surface area (Å²) in [4.78, 5) is 13.5. The summed E-state index contributed by atoms with van der Waals surface area (Å²) in [6, 6.07) is 0.412. The van der Waals surface area contributed by atoms with Crippen LogP contribution in [0.15, 0.2) is 0 Å². The van der Waals surface area contributed by atoms with Crippen LogP contribution >= 0.6 is 0 Å². The number of hydrogen-bond acceptors (Lipinski definition) is 3. The minimum absolute atomic E-state index is 0.162. The van der Waals surface area contributed by atoms with E-state index in [9.17, 15) is 4.79 Å². The number of carbonyl (C=O) groups excluding carboxylic acids is 1. The van der Waals surface area contributed by atoms with Crippen LogP contribution in [0, 0.1) is 11.8 Å². The topological polar surface area (TPSA) is 52.6 Å². The summed E-state index contributed by atoms with van der Waals surface area (Å²) in [5.74, 6) is 1.45. The number of likely N-dealkylation sites (tertiary alicyclic amines) is 1. The van der Waals surface area contributed by atoms with E-state index in [2.05, 4.69) is 5.32 Å². The average molecular weight is 268 g/mol. The first-order chi connectivity index (χ1) is 9.19. The zero-order valence-electron chi connectivity index (χ0n) is 12.1. The van der Waals surface area contributed by atoms with E-state index < -0.39 is 0 Å². The number of hydrogen-bond donors (Lipinski definition) is 2. The fourth-order valence-corrected chi connectivity index (χ4v) is 3.55. The Hall–Kier alpha value is -0.610. The molecule has 0 spiro atoms. The lowest BCUT2D eigenvalue weighted by Crippen LogP contribution is -2.51. The van der Waals surface area contributed by atoms with E-state index in [4.69, 9.17) is 5.11 Å².